The molecule has 0 radical (unpaired) electrons. The van der Waals surface area contributed by atoms with Gasteiger partial charge in [0.05, 0.1) is 29.4 Å². The smallest absolute Gasteiger partial charge is 0.367 e. The van der Waals surface area contributed by atoms with E-state index in [1.54, 1.807) is 84.9 Å². The molecule has 10 nitrogen and oxygen atoms in total. The number of thiophene rings is 3. The van der Waals surface area contributed by atoms with Crippen molar-refractivity contribution in [3.05, 3.63) is 164 Å². The standard InChI is InChI=1S/C48H25NO9S4/c50-36-29-17-9-7-15-27(29)31(38(36)52)19-26-20-33-41(59-26)40-44(60-33)42-35(43-45(62-42)49-34(61-43)21-32-28-16-8-10-18-30(28)37(51)39(32)53)48(58-40,46(54)56-22-24-11-3-1-4-12-24)47(55)57-23-25-13-5-2-6-14-25/h1-21H,22-23H2/b31-19-,32-21-. The second-order valence-electron chi connectivity index (χ2n) is 14.5. The fourth-order valence-corrected chi connectivity index (χ4v) is 13.0. The van der Waals surface area contributed by atoms with Crippen LogP contribution in [0.1, 0.15) is 58.4 Å². The fraction of sp³-hybridized carbons (Fsp3) is 0.0625. The summed E-state index contributed by atoms with van der Waals surface area (Å²) in [6.07, 6.45) is 3.24. The zero-order valence-electron chi connectivity index (χ0n) is 31.8. The Balaban J connectivity index is 1.09. The Kier molecular flexibility index (Phi) is 8.94. The maximum absolute atomic E-state index is 15.0. The van der Waals surface area contributed by atoms with E-state index in [4.69, 9.17) is 19.2 Å². The topological polar surface area (TPSA) is 143 Å². The molecular formula is C48H25NO9S4. The number of hydrogen-bond donors (Lipinski definition) is 0. The molecule has 0 saturated heterocycles. The van der Waals surface area contributed by atoms with Gasteiger partial charge >= 0.3 is 17.5 Å². The number of Topliss-reactive ketones (excluding diaryl/α,β-unsaturated/α-hetero) is 4. The summed E-state index contributed by atoms with van der Waals surface area (Å²) in [5.74, 6) is -4.16. The predicted molar refractivity (Wildman–Crippen MR) is 238 cm³/mol. The van der Waals surface area contributed by atoms with Gasteiger partial charge in [0.2, 0.25) is 23.1 Å². The molecular weight excluding hydrogens is 863 g/mol. The van der Waals surface area contributed by atoms with Crippen molar-refractivity contribution in [3.8, 4) is 15.5 Å². The molecule has 5 heterocycles. The Hall–Kier alpha value is -6.97. The number of carbonyl (C=O) groups excluding carboxylic acids is 6. The molecule has 0 bridgehead atoms. The van der Waals surface area contributed by atoms with Gasteiger partial charge in [0.25, 0.3) is 0 Å². The first-order valence-corrected chi connectivity index (χ1v) is 22.4. The Morgan fingerprint density at radius 2 is 1.11 bits per heavy atom. The van der Waals surface area contributed by atoms with Gasteiger partial charge < -0.3 is 14.2 Å². The number of rotatable bonds is 8. The van der Waals surface area contributed by atoms with Crippen molar-refractivity contribution in [1.29, 1.82) is 0 Å². The molecule has 11 rings (SSSR count). The maximum Gasteiger partial charge on any atom is 0.367 e. The van der Waals surface area contributed by atoms with Gasteiger partial charge in [-0.15, -0.1) is 45.3 Å². The second-order valence-corrected chi connectivity index (χ2v) is 18.7. The number of thiazole rings is 1. The summed E-state index contributed by atoms with van der Waals surface area (Å²) in [6, 6.07) is 33.6. The molecule has 0 N–H and O–H groups in total. The summed E-state index contributed by atoms with van der Waals surface area (Å²) in [4.78, 5) is 89.3. The van der Waals surface area contributed by atoms with Crippen LogP contribution in [0.3, 0.4) is 0 Å². The number of ketones is 4. The number of aromatic nitrogens is 1. The summed E-state index contributed by atoms with van der Waals surface area (Å²) in [6.45, 7) is -0.350. The van der Waals surface area contributed by atoms with Gasteiger partial charge in [-0.2, -0.15) is 0 Å². The molecule has 0 saturated carbocycles. The lowest BCUT2D eigenvalue weighted by atomic mass is 9.91. The van der Waals surface area contributed by atoms with E-state index in [9.17, 15) is 19.2 Å². The minimum absolute atomic E-state index is 0.175. The van der Waals surface area contributed by atoms with Crippen LogP contribution < -0.4 is 4.74 Å². The zero-order valence-corrected chi connectivity index (χ0v) is 35.1. The first kappa shape index (κ1) is 38.0. The molecule has 0 unspecified atom stereocenters. The third-order valence-electron chi connectivity index (χ3n) is 10.8. The largest absolute Gasteiger partial charge is 0.457 e. The lowest BCUT2D eigenvalue weighted by Gasteiger charge is -2.33. The summed E-state index contributed by atoms with van der Waals surface area (Å²) in [5, 5.41) is 0.378. The van der Waals surface area contributed by atoms with Gasteiger partial charge in [0.15, 0.2) is 5.75 Å². The lowest BCUT2D eigenvalue weighted by Crippen LogP contribution is -2.52. The minimum atomic E-state index is -2.49. The zero-order chi connectivity index (χ0) is 42.3. The van der Waals surface area contributed by atoms with E-state index in [2.05, 4.69) is 0 Å². The molecule has 4 aromatic heterocycles. The average Bonchev–Trinajstić information content (AvgIpc) is 4.13. The number of nitrogens with zero attached hydrogens (tertiary/aromatic N) is 1. The van der Waals surface area contributed by atoms with Crippen molar-refractivity contribution < 1.29 is 43.0 Å². The van der Waals surface area contributed by atoms with Gasteiger partial charge in [0, 0.05) is 27.2 Å². The first-order valence-electron chi connectivity index (χ1n) is 19.1. The molecule has 2 aliphatic carbocycles. The quantitative estimate of drug-likeness (QED) is 0.0626. The molecule has 0 spiro atoms. The summed E-state index contributed by atoms with van der Waals surface area (Å²) in [5.41, 5.74) is 1.27. The predicted octanol–water partition coefficient (Wildman–Crippen LogP) is 9.99. The van der Waals surface area contributed by atoms with E-state index in [-0.39, 0.29) is 35.7 Å². The van der Waals surface area contributed by atoms with E-state index < -0.39 is 40.7 Å². The molecule has 0 atom stereocenters. The molecule has 62 heavy (non-hydrogen) atoms. The first-order chi connectivity index (χ1) is 30.2. The number of allylic oxidation sites excluding steroid dienone is 2. The highest BCUT2D eigenvalue weighted by Crippen LogP contribution is 2.60. The van der Waals surface area contributed by atoms with Crippen LogP contribution in [0, 0.1) is 0 Å². The van der Waals surface area contributed by atoms with E-state index >= 15 is 9.59 Å². The number of carbonyl (C=O) groups is 6. The number of benzene rings is 4. The minimum Gasteiger partial charge on any atom is -0.457 e. The number of ether oxygens (including phenoxy) is 3. The van der Waals surface area contributed by atoms with Crippen LogP contribution >= 0.6 is 45.3 Å². The molecule has 4 aromatic carbocycles. The van der Waals surface area contributed by atoms with Gasteiger partial charge in [-0.05, 0) is 40.5 Å². The van der Waals surface area contributed by atoms with Gasteiger partial charge in [-0.3, -0.25) is 19.2 Å². The van der Waals surface area contributed by atoms with Crippen LogP contribution in [-0.2, 0) is 47.5 Å². The molecule has 0 amide bonds. The Labute approximate surface area is 367 Å². The highest BCUT2D eigenvalue weighted by Gasteiger charge is 2.60. The van der Waals surface area contributed by atoms with Crippen molar-refractivity contribution >= 4 is 123 Å². The Bertz CT molecular complexity index is 3290. The molecule has 300 valence electrons. The average molecular weight is 888 g/mol. The van der Waals surface area contributed by atoms with Crippen LogP contribution in [0.4, 0.5) is 0 Å². The molecule has 0 fully saturated rings. The fourth-order valence-electron chi connectivity index (χ4n) is 7.88. The second kappa shape index (κ2) is 14.6. The van der Waals surface area contributed by atoms with Gasteiger partial charge in [-0.1, -0.05) is 109 Å². The SMILES string of the molecule is O=C1C(=O)c2ccccc2/C1=C/c1cc2sc3c(c2s1)OC(C(=O)OCc1ccccc1)(C(=O)OCc1ccccc1)c1c-3sc2nc(/C=C3\C(=O)C(=O)c4ccccc43)sc12. The molecule has 1 aliphatic heterocycles. The van der Waals surface area contributed by atoms with Gasteiger partial charge in [0.1, 0.15) is 23.1 Å². The number of hydrogen-bond acceptors (Lipinski definition) is 14. The number of fused-ring (bicyclic) bond motifs is 9. The van der Waals surface area contributed by atoms with E-state index in [1.807, 2.05) is 42.5 Å². The number of esters is 2. The van der Waals surface area contributed by atoms with Crippen molar-refractivity contribution in [3.63, 3.8) is 0 Å². The lowest BCUT2D eigenvalue weighted by molar-refractivity contribution is -0.183. The van der Waals surface area contributed by atoms with Crippen LogP contribution in [-0.4, -0.2) is 40.1 Å². The van der Waals surface area contributed by atoms with Crippen LogP contribution in [0.25, 0.3) is 52.0 Å². The highest BCUT2D eigenvalue weighted by atomic mass is 32.1. The third-order valence-corrected chi connectivity index (χ3v) is 15.5. The summed E-state index contributed by atoms with van der Waals surface area (Å²) >= 11 is 5.09. The van der Waals surface area contributed by atoms with Crippen molar-refractivity contribution in [1.82, 2.24) is 4.98 Å². The normalized spacial score (nSPS) is 16.1. The monoisotopic (exact) mass is 887 g/mol. The van der Waals surface area contributed by atoms with Crippen LogP contribution in [0.5, 0.6) is 5.75 Å². The highest BCUT2D eigenvalue weighted by molar-refractivity contribution is 7.34. The van der Waals surface area contributed by atoms with Crippen LogP contribution in [0.2, 0.25) is 0 Å². The van der Waals surface area contributed by atoms with Crippen molar-refractivity contribution in [2.75, 3.05) is 0 Å². The maximum atomic E-state index is 15.0. The molecule has 8 aromatic rings. The molecule has 14 heteroatoms. The molecule has 3 aliphatic rings. The van der Waals surface area contributed by atoms with Crippen molar-refractivity contribution in [2.45, 2.75) is 18.8 Å². The summed E-state index contributed by atoms with van der Waals surface area (Å²) < 4.78 is 20.7. The third kappa shape index (κ3) is 5.90. The Morgan fingerprint density at radius 1 is 0.581 bits per heavy atom. The van der Waals surface area contributed by atoms with E-state index in [1.165, 1.54) is 34.0 Å². The van der Waals surface area contributed by atoms with Crippen molar-refractivity contribution in [2.24, 2.45) is 0 Å². The van der Waals surface area contributed by atoms with E-state index in [0.717, 1.165) is 16.0 Å². The van der Waals surface area contributed by atoms with Gasteiger partial charge in [-0.25, -0.2) is 14.6 Å². The summed E-state index contributed by atoms with van der Waals surface area (Å²) in [7, 11) is 0. The van der Waals surface area contributed by atoms with Crippen LogP contribution in [0.15, 0.2) is 115 Å². The Morgan fingerprint density at radius 3 is 1.69 bits per heavy atom. The van der Waals surface area contributed by atoms with E-state index in [0.29, 0.717) is 67.3 Å².